The van der Waals surface area contributed by atoms with Crippen molar-refractivity contribution in [3.63, 3.8) is 0 Å². The fraction of sp³-hybridized carbons (Fsp3) is 0.100. The third kappa shape index (κ3) is 3.32. The van der Waals surface area contributed by atoms with Crippen LogP contribution in [-0.2, 0) is 6.42 Å². The lowest BCUT2D eigenvalue weighted by Crippen LogP contribution is -1.90. The highest BCUT2D eigenvalue weighted by molar-refractivity contribution is 5.64. The van der Waals surface area contributed by atoms with Crippen LogP contribution in [0.5, 0.6) is 0 Å². The van der Waals surface area contributed by atoms with Gasteiger partial charge in [0.05, 0.1) is 0 Å². The summed E-state index contributed by atoms with van der Waals surface area (Å²) in [5.41, 5.74) is 12.9. The van der Waals surface area contributed by atoms with Crippen molar-refractivity contribution in [3.05, 3.63) is 89.5 Å². The van der Waals surface area contributed by atoms with Crippen LogP contribution in [0, 0.1) is 6.92 Å². The summed E-state index contributed by atoms with van der Waals surface area (Å²) in [7, 11) is 0. The minimum Gasteiger partial charge on any atom is -0.399 e. The topological polar surface area (TPSA) is 26.0 Å². The molecule has 0 aliphatic rings. The fourth-order valence-corrected chi connectivity index (χ4v) is 2.43. The number of nitrogens with two attached hydrogens (primary N) is 1. The van der Waals surface area contributed by atoms with Crippen LogP contribution in [0.3, 0.4) is 0 Å². The van der Waals surface area contributed by atoms with Gasteiger partial charge in [0.1, 0.15) is 0 Å². The number of anilines is 1. The summed E-state index contributed by atoms with van der Waals surface area (Å²) >= 11 is 0. The Kier molecular flexibility index (Phi) is 3.74. The molecule has 0 atom stereocenters. The van der Waals surface area contributed by atoms with Gasteiger partial charge in [-0.2, -0.15) is 0 Å². The van der Waals surface area contributed by atoms with Gasteiger partial charge in [-0.05, 0) is 47.7 Å². The molecule has 3 aromatic rings. The first-order valence-corrected chi connectivity index (χ1v) is 7.21. The van der Waals surface area contributed by atoms with E-state index in [1.54, 1.807) is 0 Å². The Morgan fingerprint density at radius 1 is 0.619 bits per heavy atom. The zero-order chi connectivity index (χ0) is 14.7. The fourth-order valence-electron chi connectivity index (χ4n) is 2.43. The molecule has 0 heterocycles. The number of rotatable bonds is 3. The van der Waals surface area contributed by atoms with E-state index in [1.165, 1.54) is 27.8 Å². The Balaban J connectivity index is 1.77. The molecule has 3 aromatic carbocycles. The van der Waals surface area contributed by atoms with Crippen LogP contribution in [-0.4, -0.2) is 0 Å². The quantitative estimate of drug-likeness (QED) is 0.679. The lowest BCUT2D eigenvalue weighted by Gasteiger charge is -2.06. The Bertz CT molecular complexity index is 707. The molecule has 2 N–H and O–H groups in total. The van der Waals surface area contributed by atoms with E-state index in [1.807, 2.05) is 12.1 Å². The summed E-state index contributed by atoms with van der Waals surface area (Å²) in [5, 5.41) is 0. The monoisotopic (exact) mass is 273 g/mol. The van der Waals surface area contributed by atoms with E-state index in [2.05, 4.69) is 67.6 Å². The van der Waals surface area contributed by atoms with Gasteiger partial charge in [-0.15, -0.1) is 0 Å². The molecule has 0 aliphatic heterocycles. The molecule has 0 aromatic heterocycles. The molecule has 0 aliphatic carbocycles. The summed E-state index contributed by atoms with van der Waals surface area (Å²) < 4.78 is 0. The van der Waals surface area contributed by atoms with Gasteiger partial charge in [0.2, 0.25) is 0 Å². The number of hydrogen-bond acceptors (Lipinski definition) is 1. The maximum absolute atomic E-state index is 5.71. The summed E-state index contributed by atoms with van der Waals surface area (Å²) in [6.07, 6.45) is 0.939. The average molecular weight is 273 g/mol. The molecular weight excluding hydrogens is 254 g/mol. The number of hydrogen-bond donors (Lipinski definition) is 1. The van der Waals surface area contributed by atoms with Gasteiger partial charge in [0.15, 0.2) is 0 Å². The van der Waals surface area contributed by atoms with Crippen molar-refractivity contribution in [2.45, 2.75) is 13.3 Å². The first kappa shape index (κ1) is 13.4. The molecule has 0 saturated carbocycles. The molecule has 0 amide bonds. The smallest absolute Gasteiger partial charge is 0.0314 e. The second-order valence-electron chi connectivity index (χ2n) is 5.48. The molecule has 21 heavy (non-hydrogen) atoms. The molecule has 0 unspecified atom stereocenters. The van der Waals surface area contributed by atoms with Crippen molar-refractivity contribution in [1.29, 1.82) is 0 Å². The molecule has 3 rings (SSSR count). The van der Waals surface area contributed by atoms with Gasteiger partial charge in [0, 0.05) is 5.69 Å². The second-order valence-corrected chi connectivity index (χ2v) is 5.48. The average Bonchev–Trinajstić information content (AvgIpc) is 2.51. The van der Waals surface area contributed by atoms with E-state index in [-0.39, 0.29) is 0 Å². The van der Waals surface area contributed by atoms with Crippen molar-refractivity contribution in [2.24, 2.45) is 0 Å². The van der Waals surface area contributed by atoms with Gasteiger partial charge in [0.25, 0.3) is 0 Å². The minimum absolute atomic E-state index is 0.813. The Hall–Kier alpha value is -2.54. The largest absolute Gasteiger partial charge is 0.399 e. The summed E-state index contributed by atoms with van der Waals surface area (Å²) in [5.74, 6) is 0. The first-order chi connectivity index (χ1) is 10.2. The van der Waals surface area contributed by atoms with Crippen LogP contribution >= 0.6 is 0 Å². The molecular formula is C20H19N. The molecule has 0 fully saturated rings. The van der Waals surface area contributed by atoms with Crippen LogP contribution < -0.4 is 5.73 Å². The number of aryl methyl sites for hydroxylation is 1. The van der Waals surface area contributed by atoms with E-state index in [4.69, 9.17) is 5.73 Å². The molecule has 0 bridgehead atoms. The van der Waals surface area contributed by atoms with Gasteiger partial charge >= 0.3 is 0 Å². The standard InChI is InChI=1S/C20H19N/c1-15-2-8-18(9-3-15)19-10-4-16(5-11-19)14-17-6-12-20(21)13-7-17/h2-13H,14,21H2,1H3. The highest BCUT2D eigenvalue weighted by Crippen LogP contribution is 2.21. The Morgan fingerprint density at radius 2 is 1.05 bits per heavy atom. The van der Waals surface area contributed by atoms with E-state index < -0.39 is 0 Å². The predicted molar refractivity (Wildman–Crippen MR) is 90.3 cm³/mol. The molecule has 1 nitrogen and oxygen atoms in total. The Morgan fingerprint density at radius 3 is 1.57 bits per heavy atom. The maximum Gasteiger partial charge on any atom is 0.0314 e. The van der Waals surface area contributed by atoms with Crippen molar-refractivity contribution >= 4 is 5.69 Å². The van der Waals surface area contributed by atoms with Gasteiger partial charge in [-0.3, -0.25) is 0 Å². The summed E-state index contributed by atoms with van der Waals surface area (Å²) in [6, 6.07) is 25.5. The summed E-state index contributed by atoms with van der Waals surface area (Å²) in [6.45, 7) is 2.11. The predicted octanol–water partition coefficient (Wildman–Crippen LogP) is 4.84. The van der Waals surface area contributed by atoms with Gasteiger partial charge in [-0.1, -0.05) is 66.2 Å². The third-order valence-corrected chi connectivity index (χ3v) is 3.73. The SMILES string of the molecule is Cc1ccc(-c2ccc(Cc3ccc(N)cc3)cc2)cc1. The lowest BCUT2D eigenvalue weighted by atomic mass is 10.00. The minimum atomic E-state index is 0.813. The molecule has 0 spiro atoms. The molecule has 1 heteroatoms. The highest BCUT2D eigenvalue weighted by Gasteiger charge is 2.00. The maximum atomic E-state index is 5.71. The zero-order valence-corrected chi connectivity index (χ0v) is 12.2. The number of nitrogen functional groups attached to an aromatic ring is 1. The van der Waals surface area contributed by atoms with Crippen molar-refractivity contribution in [3.8, 4) is 11.1 Å². The molecule has 0 saturated heterocycles. The van der Waals surface area contributed by atoms with Crippen molar-refractivity contribution in [2.75, 3.05) is 5.73 Å². The third-order valence-electron chi connectivity index (χ3n) is 3.73. The first-order valence-electron chi connectivity index (χ1n) is 7.21. The molecule has 0 radical (unpaired) electrons. The van der Waals surface area contributed by atoms with E-state index in [9.17, 15) is 0 Å². The molecule has 104 valence electrons. The van der Waals surface area contributed by atoms with Crippen LogP contribution in [0.15, 0.2) is 72.8 Å². The van der Waals surface area contributed by atoms with E-state index >= 15 is 0 Å². The normalized spacial score (nSPS) is 10.5. The second kappa shape index (κ2) is 5.84. The Labute approximate surface area is 126 Å². The lowest BCUT2D eigenvalue weighted by molar-refractivity contribution is 1.19. The van der Waals surface area contributed by atoms with Crippen molar-refractivity contribution < 1.29 is 0 Å². The van der Waals surface area contributed by atoms with Crippen LogP contribution in [0.1, 0.15) is 16.7 Å². The van der Waals surface area contributed by atoms with Crippen molar-refractivity contribution in [1.82, 2.24) is 0 Å². The van der Waals surface area contributed by atoms with Crippen LogP contribution in [0.25, 0.3) is 11.1 Å². The summed E-state index contributed by atoms with van der Waals surface area (Å²) in [4.78, 5) is 0. The van der Waals surface area contributed by atoms with E-state index in [0.717, 1.165) is 12.1 Å². The van der Waals surface area contributed by atoms with Gasteiger partial charge in [-0.25, -0.2) is 0 Å². The van der Waals surface area contributed by atoms with Gasteiger partial charge < -0.3 is 5.73 Å². The number of benzene rings is 3. The van der Waals surface area contributed by atoms with Crippen LogP contribution in [0.2, 0.25) is 0 Å². The van der Waals surface area contributed by atoms with Crippen LogP contribution in [0.4, 0.5) is 5.69 Å². The zero-order valence-electron chi connectivity index (χ0n) is 12.2. The highest BCUT2D eigenvalue weighted by atomic mass is 14.5. The van der Waals surface area contributed by atoms with E-state index in [0.29, 0.717) is 0 Å².